The van der Waals surface area contributed by atoms with Crippen LogP contribution in [0.2, 0.25) is 0 Å². The fourth-order valence-corrected chi connectivity index (χ4v) is 2.30. The van der Waals surface area contributed by atoms with Crippen molar-refractivity contribution in [2.24, 2.45) is 0 Å². The van der Waals surface area contributed by atoms with E-state index < -0.39 is 0 Å². The van der Waals surface area contributed by atoms with Gasteiger partial charge in [-0.3, -0.25) is 9.48 Å². The molecule has 0 aliphatic carbocycles. The van der Waals surface area contributed by atoms with Crippen molar-refractivity contribution in [1.82, 2.24) is 15.1 Å². The first-order chi connectivity index (χ1) is 10.9. The second-order valence-electron chi connectivity index (χ2n) is 6.62. The van der Waals surface area contributed by atoms with Crippen LogP contribution in [-0.2, 0) is 11.3 Å². The summed E-state index contributed by atoms with van der Waals surface area (Å²) in [4.78, 5) is 11.8. The molecule has 0 saturated heterocycles. The van der Waals surface area contributed by atoms with Crippen molar-refractivity contribution in [2.45, 2.75) is 45.7 Å². The van der Waals surface area contributed by atoms with Crippen LogP contribution in [0.5, 0.6) is 5.75 Å². The molecule has 5 heteroatoms. The Morgan fingerprint density at radius 2 is 1.91 bits per heavy atom. The number of carbonyl (C=O) groups excluding carboxylic acids is 1. The maximum absolute atomic E-state index is 11.8. The highest BCUT2D eigenvalue weighted by atomic mass is 16.5. The predicted octanol–water partition coefficient (Wildman–Crippen LogP) is 3.25. The number of methoxy groups -OCH3 is 1. The number of carbonyl (C=O) groups is 1. The van der Waals surface area contributed by atoms with Crippen molar-refractivity contribution in [1.29, 1.82) is 0 Å². The summed E-state index contributed by atoms with van der Waals surface area (Å²) in [7, 11) is 1.66. The fraction of sp³-hybridized carbons (Fsp3) is 0.444. The van der Waals surface area contributed by atoms with Crippen LogP contribution in [-0.4, -0.2) is 28.3 Å². The molecule has 0 radical (unpaired) electrons. The number of ether oxygens (including phenoxy) is 1. The molecule has 0 unspecified atom stereocenters. The molecule has 0 bridgehead atoms. The predicted molar refractivity (Wildman–Crippen MR) is 91.3 cm³/mol. The highest BCUT2D eigenvalue weighted by Gasteiger charge is 2.13. The molecule has 1 N–H and O–H groups in total. The first-order valence-electron chi connectivity index (χ1n) is 7.85. The van der Waals surface area contributed by atoms with Crippen LogP contribution >= 0.6 is 0 Å². The maximum Gasteiger partial charge on any atom is 0.220 e. The number of aromatic nitrogens is 2. The molecular weight excluding hydrogens is 290 g/mol. The average Bonchev–Trinajstić information content (AvgIpc) is 2.94. The monoisotopic (exact) mass is 315 g/mol. The summed E-state index contributed by atoms with van der Waals surface area (Å²) in [6.07, 6.45) is 5.13. The summed E-state index contributed by atoms with van der Waals surface area (Å²) in [5.41, 5.74) is 1.99. The normalized spacial score (nSPS) is 11.3. The molecule has 2 aromatic rings. The molecule has 1 aromatic carbocycles. The molecule has 0 spiro atoms. The number of rotatable bonds is 6. The van der Waals surface area contributed by atoms with E-state index in [-0.39, 0.29) is 11.4 Å². The van der Waals surface area contributed by atoms with Gasteiger partial charge in [0.25, 0.3) is 0 Å². The molecule has 0 atom stereocenters. The quantitative estimate of drug-likeness (QED) is 0.890. The van der Waals surface area contributed by atoms with Gasteiger partial charge in [-0.2, -0.15) is 5.10 Å². The molecule has 1 amide bonds. The van der Waals surface area contributed by atoms with E-state index in [0.717, 1.165) is 29.8 Å². The van der Waals surface area contributed by atoms with E-state index in [4.69, 9.17) is 4.74 Å². The zero-order valence-electron chi connectivity index (χ0n) is 14.3. The lowest BCUT2D eigenvalue weighted by molar-refractivity contribution is -0.122. The minimum absolute atomic E-state index is 0.0834. The van der Waals surface area contributed by atoms with E-state index in [2.05, 4.69) is 10.4 Å². The lowest BCUT2D eigenvalue weighted by Crippen LogP contribution is -2.40. The van der Waals surface area contributed by atoms with Crippen molar-refractivity contribution in [3.05, 3.63) is 36.7 Å². The Morgan fingerprint density at radius 1 is 1.22 bits per heavy atom. The number of hydrogen-bond acceptors (Lipinski definition) is 3. The van der Waals surface area contributed by atoms with Gasteiger partial charge in [-0.15, -0.1) is 0 Å². The fourth-order valence-electron chi connectivity index (χ4n) is 2.30. The van der Waals surface area contributed by atoms with Gasteiger partial charge in [0.2, 0.25) is 5.91 Å². The Hall–Kier alpha value is -2.30. The molecule has 0 saturated carbocycles. The molecule has 1 aromatic heterocycles. The highest BCUT2D eigenvalue weighted by molar-refractivity contribution is 5.76. The van der Waals surface area contributed by atoms with Gasteiger partial charge < -0.3 is 10.1 Å². The lowest BCUT2D eigenvalue weighted by atomic mass is 10.1. The van der Waals surface area contributed by atoms with Crippen molar-refractivity contribution in [2.75, 3.05) is 7.11 Å². The molecule has 2 rings (SSSR count). The first kappa shape index (κ1) is 17.1. The Balaban J connectivity index is 1.86. The van der Waals surface area contributed by atoms with Gasteiger partial charge in [-0.1, -0.05) is 12.1 Å². The molecule has 5 nitrogen and oxygen atoms in total. The number of nitrogens with one attached hydrogen (secondary N) is 1. The average molecular weight is 315 g/mol. The minimum atomic E-state index is -0.176. The summed E-state index contributed by atoms with van der Waals surface area (Å²) in [5.74, 6) is 0.922. The number of hydrogen-bond donors (Lipinski definition) is 1. The van der Waals surface area contributed by atoms with Gasteiger partial charge in [0.15, 0.2) is 0 Å². The summed E-state index contributed by atoms with van der Waals surface area (Å²) >= 11 is 0. The van der Waals surface area contributed by atoms with Crippen LogP contribution in [0, 0.1) is 0 Å². The third kappa shape index (κ3) is 5.43. The van der Waals surface area contributed by atoms with E-state index in [1.54, 1.807) is 7.11 Å². The van der Waals surface area contributed by atoms with E-state index in [9.17, 15) is 4.79 Å². The second kappa shape index (κ2) is 7.31. The number of amides is 1. The molecule has 0 fully saturated rings. The summed E-state index contributed by atoms with van der Waals surface area (Å²) in [5, 5.41) is 7.33. The maximum atomic E-state index is 11.8. The Kier molecular flexibility index (Phi) is 5.42. The van der Waals surface area contributed by atoms with Crippen molar-refractivity contribution >= 4 is 5.91 Å². The lowest BCUT2D eigenvalue weighted by Gasteiger charge is -2.20. The Morgan fingerprint density at radius 3 is 2.52 bits per heavy atom. The third-order valence-electron chi connectivity index (χ3n) is 3.36. The van der Waals surface area contributed by atoms with Gasteiger partial charge in [0, 0.05) is 30.3 Å². The molecule has 124 valence electrons. The number of aryl methyl sites for hydroxylation is 1. The van der Waals surface area contributed by atoms with Gasteiger partial charge in [-0.05, 0) is 44.9 Å². The van der Waals surface area contributed by atoms with E-state index in [1.165, 1.54) is 0 Å². The smallest absolute Gasteiger partial charge is 0.220 e. The summed E-state index contributed by atoms with van der Waals surface area (Å²) in [6.45, 7) is 6.69. The standard InChI is InChI=1S/C18H25N3O2/c1-18(2,3)20-17(22)6-5-11-21-13-15(12-19-21)14-7-9-16(23-4)10-8-14/h7-10,12-13H,5-6,11H2,1-4H3,(H,20,22). The van der Waals surface area contributed by atoms with Gasteiger partial charge in [-0.25, -0.2) is 0 Å². The second-order valence-corrected chi connectivity index (χ2v) is 6.62. The third-order valence-corrected chi connectivity index (χ3v) is 3.36. The van der Waals surface area contributed by atoms with Crippen LogP contribution in [0.3, 0.4) is 0 Å². The van der Waals surface area contributed by atoms with Crippen LogP contribution < -0.4 is 10.1 Å². The highest BCUT2D eigenvalue weighted by Crippen LogP contribution is 2.21. The largest absolute Gasteiger partial charge is 0.497 e. The minimum Gasteiger partial charge on any atom is -0.497 e. The summed E-state index contributed by atoms with van der Waals surface area (Å²) < 4.78 is 7.04. The SMILES string of the molecule is COc1ccc(-c2cnn(CCCC(=O)NC(C)(C)C)c2)cc1. The zero-order valence-corrected chi connectivity index (χ0v) is 14.3. The van der Waals surface area contributed by atoms with Crippen LogP contribution in [0.1, 0.15) is 33.6 Å². The van der Waals surface area contributed by atoms with Crippen LogP contribution in [0.25, 0.3) is 11.1 Å². The van der Waals surface area contributed by atoms with E-state index in [1.807, 2.05) is 62.1 Å². The van der Waals surface area contributed by atoms with Crippen LogP contribution in [0.15, 0.2) is 36.7 Å². The molecule has 23 heavy (non-hydrogen) atoms. The topological polar surface area (TPSA) is 56.2 Å². The Bertz CT molecular complexity index is 639. The van der Waals surface area contributed by atoms with Crippen LogP contribution in [0.4, 0.5) is 0 Å². The molecular formula is C18H25N3O2. The van der Waals surface area contributed by atoms with Crippen molar-refractivity contribution in [3.8, 4) is 16.9 Å². The zero-order chi connectivity index (χ0) is 16.9. The molecule has 0 aliphatic heterocycles. The van der Waals surface area contributed by atoms with E-state index in [0.29, 0.717) is 6.42 Å². The van der Waals surface area contributed by atoms with Crippen molar-refractivity contribution in [3.63, 3.8) is 0 Å². The number of nitrogens with zero attached hydrogens (tertiary/aromatic N) is 2. The van der Waals surface area contributed by atoms with Gasteiger partial charge >= 0.3 is 0 Å². The van der Waals surface area contributed by atoms with Crippen molar-refractivity contribution < 1.29 is 9.53 Å². The number of benzene rings is 1. The molecule has 1 heterocycles. The van der Waals surface area contributed by atoms with Gasteiger partial charge in [0.1, 0.15) is 5.75 Å². The van der Waals surface area contributed by atoms with Gasteiger partial charge in [0.05, 0.1) is 13.3 Å². The first-order valence-corrected chi connectivity index (χ1v) is 7.85. The Labute approximate surface area is 137 Å². The summed E-state index contributed by atoms with van der Waals surface area (Å²) in [6, 6.07) is 7.89. The molecule has 0 aliphatic rings. The van der Waals surface area contributed by atoms with E-state index >= 15 is 0 Å².